The van der Waals surface area contributed by atoms with Crippen LogP contribution < -0.4 is 10.6 Å². The fraction of sp³-hybridized carbons (Fsp3) is 0.417. The third-order valence-electron chi connectivity index (χ3n) is 2.81. The highest BCUT2D eigenvalue weighted by Crippen LogP contribution is 2.16. The largest absolute Gasteiger partial charge is 0.348 e. The Morgan fingerprint density at radius 3 is 2.94 bits per heavy atom. The molecule has 6 heteroatoms. The van der Waals surface area contributed by atoms with E-state index in [-0.39, 0.29) is 29.9 Å². The van der Waals surface area contributed by atoms with Crippen LogP contribution in [0.4, 0.5) is 4.39 Å². The van der Waals surface area contributed by atoms with Crippen LogP contribution in [0.5, 0.6) is 0 Å². The predicted octanol–water partition coefficient (Wildman–Crippen LogP) is 2.49. The molecule has 2 N–H and O–H groups in total. The van der Waals surface area contributed by atoms with Gasteiger partial charge in [0, 0.05) is 17.1 Å². The number of carbonyl (C=O) groups is 1. The SMILES string of the molecule is Cl.O=C(NC1CCCNC1)c1cc(Br)ccc1F. The Balaban J connectivity index is 0.00000162. The maximum Gasteiger partial charge on any atom is 0.254 e. The van der Waals surface area contributed by atoms with E-state index < -0.39 is 5.82 Å². The molecule has 1 atom stereocenters. The Kier molecular flexibility index (Phi) is 6.05. The van der Waals surface area contributed by atoms with E-state index in [9.17, 15) is 9.18 Å². The lowest BCUT2D eigenvalue weighted by Gasteiger charge is -2.23. The number of benzene rings is 1. The molecule has 1 aliphatic rings. The van der Waals surface area contributed by atoms with Gasteiger partial charge in [-0.05, 0) is 37.6 Å². The summed E-state index contributed by atoms with van der Waals surface area (Å²) in [5.74, 6) is -0.841. The Bertz CT molecular complexity index is 425. The second-order valence-electron chi connectivity index (χ2n) is 4.14. The third kappa shape index (κ3) is 3.93. The molecule has 1 aromatic rings. The molecule has 1 heterocycles. The molecule has 1 amide bonds. The molecule has 1 saturated heterocycles. The van der Waals surface area contributed by atoms with Crippen LogP contribution in [0.15, 0.2) is 22.7 Å². The van der Waals surface area contributed by atoms with Crippen LogP contribution in [-0.2, 0) is 0 Å². The van der Waals surface area contributed by atoms with Gasteiger partial charge in [0.05, 0.1) is 5.56 Å². The number of piperidine rings is 1. The zero-order valence-electron chi connectivity index (χ0n) is 9.71. The first-order valence-corrected chi connectivity index (χ1v) is 6.43. The van der Waals surface area contributed by atoms with Crippen molar-refractivity contribution >= 4 is 34.2 Å². The van der Waals surface area contributed by atoms with Crippen LogP contribution in [0.1, 0.15) is 23.2 Å². The summed E-state index contributed by atoms with van der Waals surface area (Å²) in [6.45, 7) is 1.74. The van der Waals surface area contributed by atoms with Gasteiger partial charge in [-0.15, -0.1) is 12.4 Å². The molecule has 0 radical (unpaired) electrons. The van der Waals surface area contributed by atoms with Crippen molar-refractivity contribution in [3.63, 3.8) is 0 Å². The molecule has 18 heavy (non-hydrogen) atoms. The summed E-state index contributed by atoms with van der Waals surface area (Å²) < 4.78 is 14.2. The van der Waals surface area contributed by atoms with Gasteiger partial charge in [0.1, 0.15) is 5.82 Å². The quantitative estimate of drug-likeness (QED) is 0.870. The van der Waals surface area contributed by atoms with E-state index in [1.165, 1.54) is 12.1 Å². The van der Waals surface area contributed by atoms with E-state index in [2.05, 4.69) is 26.6 Å². The molecular formula is C12H15BrClFN2O. The molecule has 100 valence electrons. The van der Waals surface area contributed by atoms with Crippen molar-refractivity contribution in [2.75, 3.05) is 13.1 Å². The summed E-state index contributed by atoms with van der Waals surface area (Å²) in [6.07, 6.45) is 1.97. The first kappa shape index (κ1) is 15.4. The highest BCUT2D eigenvalue weighted by molar-refractivity contribution is 9.10. The number of carbonyl (C=O) groups excluding carboxylic acids is 1. The molecule has 0 saturated carbocycles. The second kappa shape index (κ2) is 7.07. The minimum atomic E-state index is -0.491. The average Bonchev–Trinajstić information content (AvgIpc) is 2.33. The van der Waals surface area contributed by atoms with Gasteiger partial charge in [0.2, 0.25) is 0 Å². The summed E-state index contributed by atoms with van der Waals surface area (Å²) in [5, 5.41) is 6.04. The van der Waals surface area contributed by atoms with Crippen LogP contribution in [0.2, 0.25) is 0 Å². The molecule has 1 fully saturated rings. The molecule has 3 nitrogen and oxygen atoms in total. The summed E-state index contributed by atoms with van der Waals surface area (Å²) >= 11 is 3.23. The second-order valence-corrected chi connectivity index (χ2v) is 5.06. The topological polar surface area (TPSA) is 41.1 Å². The predicted molar refractivity (Wildman–Crippen MR) is 74.7 cm³/mol. The number of nitrogens with one attached hydrogen (secondary N) is 2. The fourth-order valence-corrected chi connectivity index (χ4v) is 2.27. The van der Waals surface area contributed by atoms with E-state index in [1.54, 1.807) is 6.07 Å². The molecule has 0 aliphatic carbocycles. The van der Waals surface area contributed by atoms with Gasteiger partial charge >= 0.3 is 0 Å². The Hall–Kier alpha value is -0.650. The molecule has 2 rings (SSSR count). The lowest BCUT2D eigenvalue weighted by molar-refractivity contribution is 0.0926. The average molecular weight is 338 g/mol. The normalized spacial score (nSPS) is 18.9. The van der Waals surface area contributed by atoms with Crippen LogP contribution in [0, 0.1) is 5.82 Å². The highest BCUT2D eigenvalue weighted by atomic mass is 79.9. The molecule has 0 spiro atoms. The van der Waals surface area contributed by atoms with E-state index >= 15 is 0 Å². The molecule has 1 aromatic carbocycles. The van der Waals surface area contributed by atoms with Crippen molar-refractivity contribution in [1.82, 2.24) is 10.6 Å². The Morgan fingerprint density at radius 1 is 1.50 bits per heavy atom. The monoisotopic (exact) mass is 336 g/mol. The van der Waals surface area contributed by atoms with Crippen molar-refractivity contribution in [1.29, 1.82) is 0 Å². The number of hydrogen-bond acceptors (Lipinski definition) is 2. The lowest BCUT2D eigenvalue weighted by atomic mass is 10.1. The number of halogens is 3. The number of rotatable bonds is 2. The molecule has 0 aromatic heterocycles. The van der Waals surface area contributed by atoms with E-state index in [1.807, 2.05) is 0 Å². The van der Waals surface area contributed by atoms with Crippen molar-refractivity contribution < 1.29 is 9.18 Å². The molecule has 0 bridgehead atoms. The van der Waals surface area contributed by atoms with E-state index in [0.717, 1.165) is 25.9 Å². The van der Waals surface area contributed by atoms with Crippen molar-refractivity contribution in [2.24, 2.45) is 0 Å². The minimum absolute atomic E-state index is 0. The van der Waals surface area contributed by atoms with Crippen molar-refractivity contribution in [3.05, 3.63) is 34.1 Å². The first-order chi connectivity index (χ1) is 8.16. The molecule has 1 aliphatic heterocycles. The van der Waals surface area contributed by atoms with Crippen LogP contribution in [-0.4, -0.2) is 25.0 Å². The van der Waals surface area contributed by atoms with E-state index in [4.69, 9.17) is 0 Å². The van der Waals surface area contributed by atoms with Gasteiger partial charge < -0.3 is 10.6 Å². The van der Waals surface area contributed by atoms with Crippen LogP contribution >= 0.6 is 28.3 Å². The Morgan fingerprint density at radius 2 is 2.28 bits per heavy atom. The van der Waals surface area contributed by atoms with Crippen molar-refractivity contribution in [3.8, 4) is 0 Å². The maximum absolute atomic E-state index is 13.5. The summed E-state index contributed by atoms with van der Waals surface area (Å²) in [5.41, 5.74) is 0.0879. The third-order valence-corrected chi connectivity index (χ3v) is 3.30. The van der Waals surface area contributed by atoms with Gasteiger partial charge in [-0.2, -0.15) is 0 Å². The van der Waals surface area contributed by atoms with Gasteiger partial charge in [-0.25, -0.2) is 4.39 Å². The number of hydrogen-bond donors (Lipinski definition) is 2. The summed E-state index contributed by atoms with van der Waals surface area (Å²) in [6, 6.07) is 4.46. The zero-order valence-corrected chi connectivity index (χ0v) is 12.1. The van der Waals surface area contributed by atoms with Gasteiger partial charge in [-0.1, -0.05) is 15.9 Å². The van der Waals surface area contributed by atoms with Gasteiger partial charge in [-0.3, -0.25) is 4.79 Å². The molecule has 1 unspecified atom stereocenters. The van der Waals surface area contributed by atoms with Gasteiger partial charge in [0.15, 0.2) is 0 Å². The summed E-state index contributed by atoms with van der Waals surface area (Å²) in [4.78, 5) is 11.9. The van der Waals surface area contributed by atoms with Gasteiger partial charge in [0.25, 0.3) is 5.91 Å². The van der Waals surface area contributed by atoms with Crippen molar-refractivity contribution in [2.45, 2.75) is 18.9 Å². The fourth-order valence-electron chi connectivity index (χ4n) is 1.91. The maximum atomic E-state index is 13.5. The first-order valence-electron chi connectivity index (χ1n) is 5.63. The zero-order chi connectivity index (χ0) is 12.3. The van der Waals surface area contributed by atoms with Crippen LogP contribution in [0.25, 0.3) is 0 Å². The molecular weight excluding hydrogens is 322 g/mol. The smallest absolute Gasteiger partial charge is 0.254 e. The lowest BCUT2D eigenvalue weighted by Crippen LogP contribution is -2.45. The Labute approximate surface area is 120 Å². The van der Waals surface area contributed by atoms with Crippen LogP contribution in [0.3, 0.4) is 0 Å². The minimum Gasteiger partial charge on any atom is -0.348 e. The highest BCUT2D eigenvalue weighted by Gasteiger charge is 2.18. The standard InChI is InChI=1S/C12H14BrFN2O.ClH/c13-8-3-4-11(14)10(6-8)12(17)16-9-2-1-5-15-7-9;/h3-4,6,9,15H,1-2,5,7H2,(H,16,17);1H. The van der Waals surface area contributed by atoms with E-state index in [0.29, 0.717) is 4.47 Å². The number of amides is 1. The summed E-state index contributed by atoms with van der Waals surface area (Å²) in [7, 11) is 0.